The van der Waals surface area contributed by atoms with Crippen LogP contribution in [0.25, 0.3) is 0 Å². The summed E-state index contributed by atoms with van der Waals surface area (Å²) >= 11 is 6.00. The van der Waals surface area contributed by atoms with Crippen molar-refractivity contribution in [1.82, 2.24) is 0 Å². The van der Waals surface area contributed by atoms with Crippen LogP contribution in [0.15, 0.2) is 24.3 Å². The van der Waals surface area contributed by atoms with Gasteiger partial charge in [-0.3, -0.25) is 0 Å². The maximum absolute atomic E-state index is 6.00. The van der Waals surface area contributed by atoms with Crippen molar-refractivity contribution in [3.05, 3.63) is 34.9 Å². The predicted octanol–water partition coefficient (Wildman–Crippen LogP) is 3.59. The Bertz CT molecular complexity index is 459. The van der Waals surface area contributed by atoms with Crippen molar-refractivity contribution in [1.29, 1.82) is 0 Å². The lowest BCUT2D eigenvalue weighted by Crippen LogP contribution is -2.51. The Morgan fingerprint density at radius 2 is 1.43 bits per heavy atom. The molecule has 0 bridgehead atoms. The fourth-order valence-electron chi connectivity index (χ4n) is 2.75. The average molecular weight is 361 g/mol. The van der Waals surface area contributed by atoms with Gasteiger partial charge in [-0.25, -0.2) is 0 Å². The highest BCUT2D eigenvalue weighted by atomic mass is 35.5. The zero-order valence-corrected chi connectivity index (χ0v) is 15.7. The van der Waals surface area contributed by atoms with E-state index in [2.05, 4.69) is 0 Å². The second-order valence-corrected chi connectivity index (χ2v) is 8.14. The Morgan fingerprint density at radius 3 is 1.87 bits per heavy atom. The summed E-state index contributed by atoms with van der Waals surface area (Å²) in [5.41, 5.74) is 0.899. The van der Waals surface area contributed by atoms with E-state index in [4.69, 9.17) is 34.4 Å². The van der Waals surface area contributed by atoms with Crippen molar-refractivity contribution >= 4 is 20.4 Å². The highest BCUT2D eigenvalue weighted by Crippen LogP contribution is 2.40. The normalized spacial score (nSPS) is 17.6. The van der Waals surface area contributed by atoms with E-state index in [1.165, 1.54) is 0 Å². The van der Waals surface area contributed by atoms with E-state index in [1.54, 1.807) is 0 Å². The van der Waals surface area contributed by atoms with Crippen LogP contribution in [0.1, 0.15) is 26.3 Å². The minimum Gasteiger partial charge on any atom is -0.374 e. The molecule has 0 N–H and O–H groups in total. The highest BCUT2D eigenvalue weighted by Gasteiger charge is 2.53. The lowest BCUT2D eigenvalue weighted by Gasteiger charge is -2.36. The van der Waals surface area contributed by atoms with Crippen molar-refractivity contribution in [3.8, 4) is 0 Å². The van der Waals surface area contributed by atoms with Crippen LogP contribution < -0.4 is 0 Å². The number of ether oxygens (including phenoxy) is 2. The third-order valence-corrected chi connectivity index (χ3v) is 6.92. The van der Waals surface area contributed by atoms with Gasteiger partial charge < -0.3 is 22.8 Å². The topological polar surface area (TPSA) is 46.2 Å². The molecule has 0 atom stereocenters. The summed E-state index contributed by atoms with van der Waals surface area (Å²) in [4.78, 5) is 0. The molecule has 1 fully saturated rings. The van der Waals surface area contributed by atoms with Crippen LogP contribution in [-0.2, 0) is 28.5 Å². The quantitative estimate of drug-likeness (QED) is 0.630. The van der Waals surface area contributed by atoms with E-state index < -0.39 is 14.6 Å². The SMILES string of the molecule is CCO[Si](CC1(c2ccc(Cl)cc2)OCCO1)(OCC)OCC. The monoisotopic (exact) mass is 360 g/mol. The molecule has 0 aliphatic carbocycles. The summed E-state index contributed by atoms with van der Waals surface area (Å²) in [6.07, 6.45) is 0. The molecule has 1 aliphatic rings. The molecular formula is C16H25ClO5Si. The van der Waals surface area contributed by atoms with Gasteiger partial charge in [0.1, 0.15) is 0 Å². The van der Waals surface area contributed by atoms with Crippen molar-refractivity contribution in [2.45, 2.75) is 32.6 Å². The molecule has 1 saturated heterocycles. The standard InChI is InChI=1S/C16H25ClO5Si/c1-4-20-23(21-5-2,22-6-3)13-16(18-11-12-19-16)14-7-9-15(17)10-8-14/h7-10H,4-6,11-13H2,1-3H3. The molecule has 7 heteroatoms. The van der Waals surface area contributed by atoms with Crippen molar-refractivity contribution < 1.29 is 22.8 Å². The molecule has 130 valence electrons. The number of halogens is 1. The summed E-state index contributed by atoms with van der Waals surface area (Å²) in [6, 6.07) is 7.90. The van der Waals surface area contributed by atoms with E-state index in [0.29, 0.717) is 44.1 Å². The molecule has 23 heavy (non-hydrogen) atoms. The Morgan fingerprint density at radius 1 is 0.957 bits per heavy atom. The predicted molar refractivity (Wildman–Crippen MR) is 90.5 cm³/mol. The maximum atomic E-state index is 6.00. The van der Waals surface area contributed by atoms with E-state index in [9.17, 15) is 0 Å². The molecule has 0 saturated carbocycles. The largest absolute Gasteiger partial charge is 0.506 e. The Labute approximate surface area is 144 Å². The number of hydrogen-bond donors (Lipinski definition) is 0. The molecule has 1 heterocycles. The van der Waals surface area contributed by atoms with Gasteiger partial charge in [0.25, 0.3) is 0 Å². The van der Waals surface area contributed by atoms with Gasteiger partial charge in [0.2, 0.25) is 0 Å². The Kier molecular flexibility index (Phi) is 7.03. The molecule has 0 radical (unpaired) electrons. The number of benzene rings is 1. The second-order valence-electron chi connectivity index (χ2n) is 5.12. The molecule has 1 aromatic carbocycles. The van der Waals surface area contributed by atoms with Gasteiger partial charge in [-0.1, -0.05) is 23.7 Å². The van der Waals surface area contributed by atoms with Crippen LogP contribution in [-0.4, -0.2) is 41.8 Å². The van der Waals surface area contributed by atoms with Crippen LogP contribution in [0.5, 0.6) is 0 Å². The molecule has 1 aromatic rings. The fraction of sp³-hybridized carbons (Fsp3) is 0.625. The maximum Gasteiger partial charge on any atom is 0.506 e. The third kappa shape index (κ3) is 4.54. The van der Waals surface area contributed by atoms with Gasteiger partial charge in [0.15, 0.2) is 5.79 Å². The van der Waals surface area contributed by atoms with Gasteiger partial charge in [0.05, 0.1) is 19.3 Å². The first-order valence-electron chi connectivity index (χ1n) is 8.05. The third-order valence-electron chi connectivity index (χ3n) is 3.58. The molecule has 2 rings (SSSR count). The van der Waals surface area contributed by atoms with Gasteiger partial charge >= 0.3 is 8.80 Å². The summed E-state index contributed by atoms with van der Waals surface area (Å²) < 4.78 is 29.8. The van der Waals surface area contributed by atoms with Crippen LogP contribution >= 0.6 is 11.6 Å². The van der Waals surface area contributed by atoms with E-state index in [-0.39, 0.29) is 0 Å². The molecular weight excluding hydrogens is 336 g/mol. The fourth-order valence-corrected chi connectivity index (χ4v) is 5.73. The Balaban J connectivity index is 2.33. The minimum atomic E-state index is -2.91. The average Bonchev–Trinajstić information content (AvgIpc) is 2.98. The smallest absolute Gasteiger partial charge is 0.374 e. The van der Waals surface area contributed by atoms with Crippen LogP contribution in [0.2, 0.25) is 11.1 Å². The highest BCUT2D eigenvalue weighted by molar-refractivity contribution is 6.61. The van der Waals surface area contributed by atoms with Crippen molar-refractivity contribution in [2.75, 3.05) is 33.0 Å². The van der Waals surface area contributed by atoms with Crippen LogP contribution in [0.4, 0.5) is 0 Å². The lowest BCUT2D eigenvalue weighted by atomic mass is 10.1. The summed E-state index contributed by atoms with van der Waals surface area (Å²) in [5.74, 6) is -0.906. The van der Waals surface area contributed by atoms with Gasteiger partial charge in [-0.15, -0.1) is 0 Å². The molecule has 0 spiro atoms. The molecule has 0 amide bonds. The van der Waals surface area contributed by atoms with E-state index in [0.717, 1.165) is 5.56 Å². The van der Waals surface area contributed by atoms with Gasteiger partial charge in [-0.05, 0) is 32.9 Å². The zero-order chi connectivity index (χ0) is 16.8. The van der Waals surface area contributed by atoms with Crippen LogP contribution in [0.3, 0.4) is 0 Å². The Hall–Kier alpha value is -0.473. The zero-order valence-electron chi connectivity index (χ0n) is 14.0. The second kappa shape index (κ2) is 8.57. The number of rotatable bonds is 9. The first kappa shape index (κ1) is 18.9. The first-order chi connectivity index (χ1) is 11.1. The van der Waals surface area contributed by atoms with Crippen molar-refractivity contribution in [3.63, 3.8) is 0 Å². The lowest BCUT2D eigenvalue weighted by molar-refractivity contribution is -0.159. The molecule has 0 aromatic heterocycles. The van der Waals surface area contributed by atoms with Crippen LogP contribution in [0, 0.1) is 0 Å². The summed E-state index contributed by atoms with van der Waals surface area (Å²) in [7, 11) is -2.91. The minimum absolute atomic E-state index is 0.414. The molecule has 0 unspecified atom stereocenters. The van der Waals surface area contributed by atoms with Crippen molar-refractivity contribution in [2.24, 2.45) is 0 Å². The molecule has 5 nitrogen and oxygen atoms in total. The van der Waals surface area contributed by atoms with Gasteiger partial charge in [-0.2, -0.15) is 0 Å². The first-order valence-corrected chi connectivity index (χ1v) is 10.4. The summed E-state index contributed by atoms with van der Waals surface area (Å²) in [5, 5.41) is 0.671. The van der Waals surface area contributed by atoms with E-state index >= 15 is 0 Å². The number of hydrogen-bond acceptors (Lipinski definition) is 5. The van der Waals surface area contributed by atoms with Gasteiger partial charge in [0, 0.05) is 30.4 Å². The summed E-state index contributed by atoms with van der Waals surface area (Å²) in [6.45, 7) is 8.41. The molecule has 1 aliphatic heterocycles. The van der Waals surface area contributed by atoms with E-state index in [1.807, 2.05) is 45.0 Å².